The predicted molar refractivity (Wildman–Crippen MR) is 190 cm³/mol. The van der Waals surface area contributed by atoms with Gasteiger partial charge in [-0.15, -0.1) is 0 Å². The Kier molecular flexibility index (Phi) is 7.26. The second-order valence-corrected chi connectivity index (χ2v) is 18.1. The van der Waals surface area contributed by atoms with Crippen molar-refractivity contribution >= 4 is 47.0 Å². The minimum absolute atomic E-state index is 0.230. The molecule has 1 aliphatic heterocycles. The average Bonchev–Trinajstić information content (AvgIpc) is 3.06. The second-order valence-electron chi connectivity index (χ2n) is 11.9. The van der Waals surface area contributed by atoms with Crippen LogP contribution in [0.25, 0.3) is 0 Å². The Morgan fingerprint density at radius 3 is 1.44 bits per heavy atom. The van der Waals surface area contributed by atoms with Crippen LogP contribution in [0.5, 0.6) is 11.5 Å². The maximum atomic E-state index is 7.34. The molecule has 6 aromatic carbocycles. The van der Waals surface area contributed by atoms with E-state index in [2.05, 4.69) is 178 Å². The Balaban J connectivity index is 1.48. The summed E-state index contributed by atoms with van der Waals surface area (Å²) >= 11 is 0. The van der Waals surface area contributed by atoms with Crippen molar-refractivity contribution in [2.24, 2.45) is 0 Å². The fourth-order valence-corrected chi connectivity index (χ4v) is 12.8. The first kappa shape index (κ1) is 27.8. The molecule has 1 nitrogen and oxygen atoms in total. The zero-order valence-corrected chi connectivity index (χ0v) is 26.8. The Hall–Kier alpha value is -4.02. The van der Waals surface area contributed by atoms with Crippen LogP contribution in [0.2, 0.25) is 0 Å². The molecule has 0 saturated carbocycles. The van der Waals surface area contributed by atoms with Crippen molar-refractivity contribution < 1.29 is 4.74 Å². The molecule has 0 aliphatic carbocycles. The maximum absolute atomic E-state index is 7.34. The minimum atomic E-state index is -2.43. The molecule has 7 rings (SSSR count). The van der Waals surface area contributed by atoms with E-state index in [1.165, 1.54) is 43.0 Å². The van der Waals surface area contributed by atoms with Crippen molar-refractivity contribution in [3.63, 3.8) is 0 Å². The van der Waals surface area contributed by atoms with E-state index in [1.54, 1.807) is 0 Å². The van der Waals surface area contributed by atoms with Gasteiger partial charge >= 0.3 is 258 Å². The number of benzene rings is 6. The fourth-order valence-electron chi connectivity index (χ4n) is 6.68. The van der Waals surface area contributed by atoms with Crippen LogP contribution in [0.3, 0.4) is 0 Å². The molecule has 0 amide bonds. The van der Waals surface area contributed by atoms with Gasteiger partial charge in [-0.25, -0.2) is 0 Å². The SMILES string of the molecule is CC1(C)c2cccc(P(c3ccccc3)c3ccccc3)c2Oc2c1cccc2[PH](C)(c1ccccc1)c1ccccc1. The van der Waals surface area contributed by atoms with Gasteiger partial charge in [0.2, 0.25) is 0 Å². The molecule has 0 N–H and O–H groups in total. The van der Waals surface area contributed by atoms with Crippen LogP contribution >= 0.6 is 15.2 Å². The first-order valence-corrected chi connectivity index (χ1v) is 18.8. The third kappa shape index (κ3) is 4.73. The van der Waals surface area contributed by atoms with Crippen LogP contribution < -0.4 is 36.6 Å². The van der Waals surface area contributed by atoms with Gasteiger partial charge in [-0.1, -0.05) is 0 Å². The summed E-state index contributed by atoms with van der Waals surface area (Å²) in [5.74, 6) is 2.05. The summed E-state index contributed by atoms with van der Waals surface area (Å²) in [5, 5.41) is 7.99. The van der Waals surface area contributed by atoms with Gasteiger partial charge in [0.15, 0.2) is 0 Å². The molecule has 0 fully saturated rings. The number of hydrogen-bond donors (Lipinski definition) is 0. The van der Waals surface area contributed by atoms with Crippen LogP contribution in [0.4, 0.5) is 0 Å². The molecule has 1 heterocycles. The summed E-state index contributed by atoms with van der Waals surface area (Å²) in [5.41, 5.74) is 2.27. The zero-order valence-electron chi connectivity index (χ0n) is 24.9. The van der Waals surface area contributed by atoms with Crippen LogP contribution in [0, 0.1) is 0 Å². The third-order valence-corrected chi connectivity index (χ3v) is 16.0. The van der Waals surface area contributed by atoms with Crippen molar-refractivity contribution in [1.29, 1.82) is 0 Å². The topological polar surface area (TPSA) is 9.23 Å². The Morgan fingerprint density at radius 2 is 0.930 bits per heavy atom. The van der Waals surface area contributed by atoms with Crippen LogP contribution in [-0.4, -0.2) is 6.66 Å². The molecule has 0 bridgehead atoms. The molecule has 6 aromatic rings. The van der Waals surface area contributed by atoms with Gasteiger partial charge in [-0.05, 0) is 0 Å². The average molecular weight is 595 g/mol. The van der Waals surface area contributed by atoms with Crippen molar-refractivity contribution in [2.45, 2.75) is 19.3 Å². The van der Waals surface area contributed by atoms with E-state index in [9.17, 15) is 0 Å². The Bertz CT molecular complexity index is 1790. The number of rotatable bonds is 6. The van der Waals surface area contributed by atoms with Gasteiger partial charge in [0, 0.05) is 0 Å². The molecule has 3 heteroatoms. The molecule has 0 aromatic heterocycles. The van der Waals surface area contributed by atoms with Gasteiger partial charge in [0.25, 0.3) is 0 Å². The number of hydrogen-bond acceptors (Lipinski definition) is 1. The molecule has 1 aliphatic rings. The third-order valence-electron chi connectivity index (χ3n) is 9.07. The van der Waals surface area contributed by atoms with Gasteiger partial charge in [0.05, 0.1) is 0 Å². The van der Waals surface area contributed by atoms with Gasteiger partial charge in [-0.3, -0.25) is 0 Å². The molecular formula is C40H36OP2. The number of para-hydroxylation sites is 2. The van der Waals surface area contributed by atoms with Crippen molar-refractivity contribution in [1.82, 2.24) is 0 Å². The molecule has 0 atom stereocenters. The van der Waals surface area contributed by atoms with E-state index in [-0.39, 0.29) is 5.41 Å². The molecule has 0 radical (unpaired) electrons. The normalized spacial score (nSPS) is 14.0. The molecular weight excluding hydrogens is 558 g/mol. The van der Waals surface area contributed by atoms with Crippen molar-refractivity contribution in [3.05, 3.63) is 169 Å². The van der Waals surface area contributed by atoms with Crippen molar-refractivity contribution in [2.75, 3.05) is 6.66 Å². The summed E-state index contributed by atoms with van der Waals surface area (Å²) in [7, 11) is -3.26. The van der Waals surface area contributed by atoms with E-state index < -0.39 is 15.2 Å². The summed E-state index contributed by atoms with van der Waals surface area (Å²) in [6.45, 7) is 7.20. The molecule has 0 unspecified atom stereocenters. The monoisotopic (exact) mass is 594 g/mol. The second kappa shape index (κ2) is 11.2. The standard InChI is InChI=1S/C40H36OP2/c1-40(2)34-26-16-28-36(42(30-18-8-4-9-19-30)31-20-10-5-11-21-31)38(34)41-39-35(40)27-17-29-37(39)43(3,32-22-12-6-13-23-32)33-24-14-7-15-25-33/h4-29,43H,1-3H3. The van der Waals surface area contributed by atoms with Crippen LogP contribution in [0.1, 0.15) is 25.0 Å². The predicted octanol–water partition coefficient (Wildman–Crippen LogP) is 7.53. The Morgan fingerprint density at radius 1 is 0.488 bits per heavy atom. The van der Waals surface area contributed by atoms with E-state index >= 15 is 0 Å². The van der Waals surface area contributed by atoms with Crippen LogP contribution in [0.15, 0.2) is 158 Å². The molecule has 212 valence electrons. The summed E-state index contributed by atoms with van der Waals surface area (Å²) in [6, 6.07) is 57.6. The van der Waals surface area contributed by atoms with E-state index in [1.807, 2.05) is 0 Å². The summed E-state index contributed by atoms with van der Waals surface area (Å²) in [6.07, 6.45) is 0. The summed E-state index contributed by atoms with van der Waals surface area (Å²) in [4.78, 5) is 0. The molecule has 43 heavy (non-hydrogen) atoms. The van der Waals surface area contributed by atoms with Crippen LogP contribution in [-0.2, 0) is 5.41 Å². The van der Waals surface area contributed by atoms with E-state index in [0.717, 1.165) is 11.5 Å². The molecule has 0 spiro atoms. The zero-order chi connectivity index (χ0) is 29.4. The van der Waals surface area contributed by atoms with E-state index in [0.29, 0.717) is 0 Å². The van der Waals surface area contributed by atoms with Gasteiger partial charge in [0.1, 0.15) is 0 Å². The van der Waals surface area contributed by atoms with Gasteiger partial charge in [-0.2, -0.15) is 0 Å². The van der Waals surface area contributed by atoms with Crippen molar-refractivity contribution in [3.8, 4) is 11.5 Å². The molecule has 0 saturated heterocycles. The number of fused-ring (bicyclic) bond motifs is 2. The fraction of sp³-hybridized carbons (Fsp3) is 0.100. The quantitative estimate of drug-likeness (QED) is 0.181. The van der Waals surface area contributed by atoms with Gasteiger partial charge < -0.3 is 0 Å². The number of ether oxygens (including phenoxy) is 1. The Labute approximate surface area is 257 Å². The van der Waals surface area contributed by atoms with E-state index in [4.69, 9.17) is 4.74 Å². The first-order chi connectivity index (χ1) is 21.0. The summed E-state index contributed by atoms with van der Waals surface area (Å²) < 4.78 is 7.34. The first-order valence-electron chi connectivity index (χ1n) is 15.0.